The molecule has 104 valence electrons. The Labute approximate surface area is 113 Å². The van der Waals surface area contributed by atoms with Crippen LogP contribution in [0.15, 0.2) is 30.3 Å². The molecule has 1 amide bonds. The molecule has 0 radical (unpaired) electrons. The maximum atomic E-state index is 12.4. The number of rotatable bonds is 5. The summed E-state index contributed by atoms with van der Waals surface area (Å²) < 4.78 is 0. The summed E-state index contributed by atoms with van der Waals surface area (Å²) in [6.45, 7) is 3.31. The Morgan fingerprint density at radius 1 is 1.37 bits per heavy atom. The first kappa shape index (κ1) is 15.2. The van der Waals surface area contributed by atoms with E-state index in [1.54, 1.807) is 38.1 Å². The summed E-state index contributed by atoms with van der Waals surface area (Å²) in [5.41, 5.74) is 5.51. The molecule has 0 fully saturated rings. The van der Waals surface area contributed by atoms with E-state index >= 15 is 0 Å². The number of benzene rings is 1. The largest absolute Gasteiger partial charge is 0.480 e. The lowest BCUT2D eigenvalue weighted by Gasteiger charge is -2.32. The van der Waals surface area contributed by atoms with Crippen LogP contribution < -0.4 is 5.73 Å². The van der Waals surface area contributed by atoms with Gasteiger partial charge in [0, 0.05) is 7.05 Å². The summed E-state index contributed by atoms with van der Waals surface area (Å²) in [5, 5.41) is 9.09. The molecule has 0 aliphatic rings. The minimum Gasteiger partial charge on any atom is -0.480 e. The molecule has 5 heteroatoms. The number of likely N-dealkylation sites (N-methyl/N-ethyl adjacent to an activating group) is 1. The predicted molar refractivity (Wildman–Crippen MR) is 72.5 cm³/mol. The van der Waals surface area contributed by atoms with Crippen molar-refractivity contribution in [2.24, 2.45) is 5.73 Å². The normalized spacial score (nSPS) is 15.4. The van der Waals surface area contributed by atoms with Gasteiger partial charge in [-0.2, -0.15) is 0 Å². The third-order valence-electron chi connectivity index (χ3n) is 3.28. The lowest BCUT2D eigenvalue weighted by Crippen LogP contribution is -2.54. The molecule has 0 spiro atoms. The van der Waals surface area contributed by atoms with Gasteiger partial charge in [-0.3, -0.25) is 4.79 Å². The zero-order chi connectivity index (χ0) is 14.6. The second-order valence-electron chi connectivity index (χ2n) is 4.75. The van der Waals surface area contributed by atoms with E-state index in [0.717, 1.165) is 0 Å². The second kappa shape index (κ2) is 5.84. The Kier molecular flexibility index (Phi) is 4.67. The van der Waals surface area contributed by atoms with Crippen LogP contribution >= 0.6 is 0 Å². The standard InChI is InChI=1S/C14H20N2O3/c1-4-11(12(17)18)16(3)13(19)14(2,15)10-8-6-5-7-9-10/h5-9,11H,4,15H2,1-3H3,(H,17,18). The molecule has 0 saturated carbocycles. The Hall–Kier alpha value is -1.88. The highest BCUT2D eigenvalue weighted by Crippen LogP contribution is 2.21. The van der Waals surface area contributed by atoms with Gasteiger partial charge in [0.15, 0.2) is 0 Å². The van der Waals surface area contributed by atoms with Gasteiger partial charge in [-0.25, -0.2) is 4.79 Å². The number of hydrogen-bond donors (Lipinski definition) is 2. The lowest BCUT2D eigenvalue weighted by atomic mass is 9.91. The zero-order valence-electron chi connectivity index (χ0n) is 11.5. The van der Waals surface area contributed by atoms with Gasteiger partial charge in [0.05, 0.1) is 0 Å². The van der Waals surface area contributed by atoms with Crippen molar-refractivity contribution in [2.75, 3.05) is 7.05 Å². The summed E-state index contributed by atoms with van der Waals surface area (Å²) in [6.07, 6.45) is 0.336. The molecule has 1 aromatic rings. The van der Waals surface area contributed by atoms with Gasteiger partial charge in [-0.05, 0) is 18.9 Å². The molecule has 0 saturated heterocycles. The first-order valence-electron chi connectivity index (χ1n) is 6.16. The highest BCUT2D eigenvalue weighted by molar-refractivity contribution is 5.90. The van der Waals surface area contributed by atoms with E-state index in [4.69, 9.17) is 10.8 Å². The molecule has 3 N–H and O–H groups in total. The van der Waals surface area contributed by atoms with Gasteiger partial charge in [0.25, 0.3) is 0 Å². The number of nitrogens with zero attached hydrogens (tertiary/aromatic N) is 1. The van der Waals surface area contributed by atoms with Crippen molar-refractivity contribution in [1.82, 2.24) is 4.90 Å². The first-order chi connectivity index (χ1) is 8.82. The molecule has 5 nitrogen and oxygen atoms in total. The van der Waals surface area contributed by atoms with Crippen LogP contribution in [-0.2, 0) is 15.1 Å². The Bertz CT molecular complexity index is 457. The maximum Gasteiger partial charge on any atom is 0.326 e. The third kappa shape index (κ3) is 3.12. The molecule has 0 aliphatic carbocycles. The van der Waals surface area contributed by atoms with E-state index in [1.165, 1.54) is 11.9 Å². The number of carboxylic acid groups (broad SMARTS) is 1. The van der Waals surface area contributed by atoms with E-state index in [2.05, 4.69) is 0 Å². The van der Waals surface area contributed by atoms with Gasteiger partial charge in [-0.1, -0.05) is 37.3 Å². The fourth-order valence-corrected chi connectivity index (χ4v) is 2.03. The highest BCUT2D eigenvalue weighted by atomic mass is 16.4. The molecule has 0 aliphatic heterocycles. The molecule has 0 aromatic heterocycles. The number of hydrogen-bond acceptors (Lipinski definition) is 3. The highest BCUT2D eigenvalue weighted by Gasteiger charge is 2.37. The van der Waals surface area contributed by atoms with Crippen LogP contribution in [0.3, 0.4) is 0 Å². The molecule has 1 aromatic carbocycles. The number of carbonyl (C=O) groups is 2. The molecule has 19 heavy (non-hydrogen) atoms. The van der Waals surface area contributed by atoms with Crippen molar-refractivity contribution in [3.05, 3.63) is 35.9 Å². The predicted octanol–water partition coefficient (Wildman–Crippen LogP) is 1.18. The van der Waals surface area contributed by atoms with Crippen molar-refractivity contribution >= 4 is 11.9 Å². The summed E-state index contributed by atoms with van der Waals surface area (Å²) in [5.74, 6) is -1.44. The monoisotopic (exact) mass is 264 g/mol. The number of amides is 1. The second-order valence-corrected chi connectivity index (χ2v) is 4.75. The van der Waals surface area contributed by atoms with Crippen LogP contribution in [-0.4, -0.2) is 35.0 Å². The number of aliphatic carboxylic acids is 1. The summed E-state index contributed by atoms with van der Waals surface area (Å²) in [4.78, 5) is 24.7. The molecule has 2 atom stereocenters. The number of carbonyl (C=O) groups excluding carboxylic acids is 1. The van der Waals surface area contributed by atoms with Crippen LogP contribution in [0.1, 0.15) is 25.8 Å². The van der Waals surface area contributed by atoms with E-state index in [-0.39, 0.29) is 0 Å². The summed E-state index contributed by atoms with van der Waals surface area (Å²) in [7, 11) is 1.47. The molecule has 0 heterocycles. The number of carboxylic acids is 1. The van der Waals surface area contributed by atoms with Crippen LogP contribution in [0.5, 0.6) is 0 Å². The quantitative estimate of drug-likeness (QED) is 0.836. The van der Waals surface area contributed by atoms with E-state index in [1.807, 2.05) is 6.07 Å². The van der Waals surface area contributed by atoms with E-state index in [9.17, 15) is 9.59 Å². The fourth-order valence-electron chi connectivity index (χ4n) is 2.03. The van der Waals surface area contributed by atoms with Crippen LogP contribution in [0.25, 0.3) is 0 Å². The Balaban J connectivity index is 3.02. The molecule has 1 rings (SSSR count). The number of nitrogens with two attached hydrogens (primary N) is 1. The Morgan fingerprint density at radius 3 is 2.32 bits per heavy atom. The van der Waals surface area contributed by atoms with Crippen molar-refractivity contribution in [2.45, 2.75) is 31.8 Å². The van der Waals surface area contributed by atoms with Gasteiger partial charge < -0.3 is 15.7 Å². The van der Waals surface area contributed by atoms with Crippen LogP contribution in [0, 0.1) is 0 Å². The summed E-state index contributed by atoms with van der Waals surface area (Å²) in [6, 6.07) is 8.07. The van der Waals surface area contributed by atoms with E-state index in [0.29, 0.717) is 12.0 Å². The first-order valence-corrected chi connectivity index (χ1v) is 6.16. The van der Waals surface area contributed by atoms with Gasteiger partial charge in [0.2, 0.25) is 5.91 Å². The summed E-state index contributed by atoms with van der Waals surface area (Å²) >= 11 is 0. The maximum absolute atomic E-state index is 12.4. The zero-order valence-corrected chi connectivity index (χ0v) is 11.5. The topological polar surface area (TPSA) is 83.6 Å². The van der Waals surface area contributed by atoms with Crippen molar-refractivity contribution in [3.8, 4) is 0 Å². The van der Waals surface area contributed by atoms with Crippen molar-refractivity contribution < 1.29 is 14.7 Å². The minimum atomic E-state index is -1.24. The SMILES string of the molecule is CCC(C(=O)O)N(C)C(=O)C(C)(N)c1ccccc1. The van der Waals surface area contributed by atoms with Crippen LogP contribution in [0.4, 0.5) is 0 Å². The third-order valence-corrected chi connectivity index (χ3v) is 3.28. The Morgan fingerprint density at radius 2 is 1.89 bits per heavy atom. The van der Waals surface area contributed by atoms with Gasteiger partial charge >= 0.3 is 5.97 Å². The van der Waals surface area contributed by atoms with E-state index < -0.39 is 23.5 Å². The molecular formula is C14H20N2O3. The molecule has 0 bridgehead atoms. The average molecular weight is 264 g/mol. The lowest BCUT2D eigenvalue weighted by molar-refractivity contribution is -0.151. The molecule has 2 unspecified atom stereocenters. The fraction of sp³-hybridized carbons (Fsp3) is 0.429. The average Bonchev–Trinajstić information content (AvgIpc) is 2.39. The van der Waals surface area contributed by atoms with Crippen molar-refractivity contribution in [3.63, 3.8) is 0 Å². The van der Waals surface area contributed by atoms with Crippen LogP contribution in [0.2, 0.25) is 0 Å². The van der Waals surface area contributed by atoms with Gasteiger partial charge in [0.1, 0.15) is 11.6 Å². The molecular weight excluding hydrogens is 244 g/mol. The smallest absolute Gasteiger partial charge is 0.326 e. The minimum absolute atomic E-state index is 0.336. The van der Waals surface area contributed by atoms with Crippen molar-refractivity contribution in [1.29, 1.82) is 0 Å². The van der Waals surface area contributed by atoms with Gasteiger partial charge in [-0.15, -0.1) is 0 Å².